The van der Waals surface area contributed by atoms with Gasteiger partial charge in [-0.3, -0.25) is 0 Å². The Balaban J connectivity index is 1.68. The number of halogens is 1. The largest absolute Gasteiger partial charge is 0.495 e. The first kappa shape index (κ1) is 19.3. The highest BCUT2D eigenvalue weighted by atomic mass is 32.2. The molecule has 2 heterocycles. The number of rotatable bonds is 6. The molecule has 0 N–H and O–H groups in total. The molecule has 1 aromatic heterocycles. The van der Waals surface area contributed by atoms with E-state index >= 15 is 0 Å². The minimum Gasteiger partial charge on any atom is -0.495 e. The minimum atomic E-state index is -3.87. The number of hydrogen-bond donors (Lipinski definition) is 0. The Morgan fingerprint density at radius 3 is 2.56 bits per heavy atom. The Bertz CT molecular complexity index is 901. The minimum absolute atomic E-state index is 0.114. The highest BCUT2D eigenvalue weighted by Crippen LogP contribution is 2.30. The van der Waals surface area contributed by atoms with Crippen LogP contribution in [0.1, 0.15) is 12.8 Å². The Kier molecular flexibility index (Phi) is 5.76. The van der Waals surface area contributed by atoms with E-state index in [2.05, 4.69) is 9.97 Å². The molecule has 0 atom stereocenters. The van der Waals surface area contributed by atoms with Gasteiger partial charge >= 0.3 is 6.01 Å². The summed E-state index contributed by atoms with van der Waals surface area (Å²) in [7, 11) is -1.06. The molecule has 0 bridgehead atoms. The van der Waals surface area contributed by atoms with E-state index < -0.39 is 15.8 Å². The van der Waals surface area contributed by atoms with Gasteiger partial charge in [-0.05, 0) is 31.0 Å². The molecule has 3 rings (SSSR count). The SMILES string of the molecule is COc1nccc(OC2CCN(S(=O)(=O)c3cc(F)ccc3OC)CC2)n1. The van der Waals surface area contributed by atoms with E-state index in [0.717, 1.165) is 12.1 Å². The molecule has 1 fully saturated rings. The van der Waals surface area contributed by atoms with Gasteiger partial charge in [-0.1, -0.05) is 0 Å². The number of sulfonamides is 1. The first-order chi connectivity index (χ1) is 12.9. The summed E-state index contributed by atoms with van der Waals surface area (Å²) in [5.41, 5.74) is 0. The number of methoxy groups -OCH3 is 2. The molecule has 0 radical (unpaired) electrons. The van der Waals surface area contributed by atoms with E-state index in [-0.39, 0.29) is 35.8 Å². The zero-order chi connectivity index (χ0) is 19.4. The Morgan fingerprint density at radius 1 is 1.15 bits per heavy atom. The van der Waals surface area contributed by atoms with Crippen LogP contribution in [0.4, 0.5) is 4.39 Å². The lowest BCUT2D eigenvalue weighted by Crippen LogP contribution is -2.41. The van der Waals surface area contributed by atoms with E-state index in [4.69, 9.17) is 14.2 Å². The molecule has 0 aliphatic carbocycles. The van der Waals surface area contributed by atoms with Crippen molar-refractivity contribution in [2.45, 2.75) is 23.8 Å². The van der Waals surface area contributed by atoms with Gasteiger partial charge in [0.2, 0.25) is 15.9 Å². The summed E-state index contributed by atoms with van der Waals surface area (Å²) in [5, 5.41) is 0. The van der Waals surface area contributed by atoms with Gasteiger partial charge in [0, 0.05) is 25.4 Å². The van der Waals surface area contributed by atoms with Crippen molar-refractivity contribution >= 4 is 10.0 Å². The number of aromatic nitrogens is 2. The van der Waals surface area contributed by atoms with Crippen LogP contribution in [0.25, 0.3) is 0 Å². The summed E-state index contributed by atoms with van der Waals surface area (Å²) in [6.07, 6.45) is 2.29. The summed E-state index contributed by atoms with van der Waals surface area (Å²) in [6.45, 7) is 0.490. The zero-order valence-electron chi connectivity index (χ0n) is 15.0. The van der Waals surface area contributed by atoms with Gasteiger partial charge in [0.05, 0.1) is 14.2 Å². The summed E-state index contributed by atoms with van der Waals surface area (Å²) in [5.74, 6) is -0.150. The second-order valence-corrected chi connectivity index (χ2v) is 7.80. The molecule has 1 saturated heterocycles. The van der Waals surface area contributed by atoms with Crippen molar-refractivity contribution in [3.05, 3.63) is 36.3 Å². The van der Waals surface area contributed by atoms with Crippen molar-refractivity contribution in [1.29, 1.82) is 0 Å². The fourth-order valence-corrected chi connectivity index (χ4v) is 4.48. The quantitative estimate of drug-likeness (QED) is 0.735. The molecule has 8 nitrogen and oxygen atoms in total. The normalized spacial score (nSPS) is 16.1. The third kappa shape index (κ3) is 4.28. The van der Waals surface area contributed by atoms with Crippen molar-refractivity contribution in [3.8, 4) is 17.6 Å². The topological polar surface area (TPSA) is 90.9 Å². The van der Waals surface area contributed by atoms with Gasteiger partial charge in [0.1, 0.15) is 22.6 Å². The molecular formula is C17H20FN3O5S. The molecule has 10 heteroatoms. The Labute approximate surface area is 157 Å². The first-order valence-corrected chi connectivity index (χ1v) is 9.75. The highest BCUT2D eigenvalue weighted by Gasteiger charge is 2.32. The molecule has 0 unspecified atom stereocenters. The molecule has 0 amide bonds. The van der Waals surface area contributed by atoms with Crippen LogP contribution in [0, 0.1) is 5.82 Å². The fraction of sp³-hybridized carbons (Fsp3) is 0.412. The van der Waals surface area contributed by atoms with E-state index in [1.165, 1.54) is 30.8 Å². The summed E-state index contributed by atoms with van der Waals surface area (Å²) >= 11 is 0. The van der Waals surface area contributed by atoms with Gasteiger partial charge in [-0.2, -0.15) is 9.29 Å². The van der Waals surface area contributed by atoms with Crippen molar-refractivity contribution in [3.63, 3.8) is 0 Å². The van der Waals surface area contributed by atoms with Gasteiger partial charge in [-0.15, -0.1) is 0 Å². The molecule has 1 aliphatic heterocycles. The predicted molar refractivity (Wildman–Crippen MR) is 93.9 cm³/mol. The lowest BCUT2D eigenvalue weighted by Gasteiger charge is -2.31. The second kappa shape index (κ2) is 8.05. The second-order valence-electron chi connectivity index (χ2n) is 5.90. The maximum absolute atomic E-state index is 13.6. The third-order valence-corrected chi connectivity index (χ3v) is 6.14. The van der Waals surface area contributed by atoms with Crippen molar-refractivity contribution in [1.82, 2.24) is 14.3 Å². The highest BCUT2D eigenvalue weighted by molar-refractivity contribution is 7.89. The molecule has 0 saturated carbocycles. The molecule has 1 aliphatic rings. The number of benzene rings is 1. The number of hydrogen-bond acceptors (Lipinski definition) is 7. The summed E-state index contributed by atoms with van der Waals surface area (Å²) < 4.78 is 56.4. The van der Waals surface area contributed by atoms with Gasteiger partial charge in [0.15, 0.2) is 0 Å². The smallest absolute Gasteiger partial charge is 0.319 e. The zero-order valence-corrected chi connectivity index (χ0v) is 15.8. The van der Waals surface area contributed by atoms with E-state index in [0.29, 0.717) is 18.7 Å². The van der Waals surface area contributed by atoms with Crippen LogP contribution in [0.2, 0.25) is 0 Å². The summed E-state index contributed by atoms with van der Waals surface area (Å²) in [6, 6.07) is 5.26. The number of ether oxygens (including phenoxy) is 3. The van der Waals surface area contributed by atoms with Crippen LogP contribution in [0.15, 0.2) is 35.4 Å². The summed E-state index contributed by atoms with van der Waals surface area (Å²) in [4.78, 5) is 7.82. The average Bonchev–Trinajstić information content (AvgIpc) is 2.68. The molecule has 27 heavy (non-hydrogen) atoms. The van der Waals surface area contributed by atoms with Crippen LogP contribution in [0.3, 0.4) is 0 Å². The van der Waals surface area contributed by atoms with E-state index in [1.807, 2.05) is 0 Å². The van der Waals surface area contributed by atoms with Crippen LogP contribution >= 0.6 is 0 Å². The number of piperidine rings is 1. The maximum atomic E-state index is 13.6. The van der Waals surface area contributed by atoms with Crippen LogP contribution in [0.5, 0.6) is 17.6 Å². The lowest BCUT2D eigenvalue weighted by molar-refractivity contribution is 0.128. The van der Waals surface area contributed by atoms with Gasteiger partial charge < -0.3 is 14.2 Å². The maximum Gasteiger partial charge on any atom is 0.319 e. The molecule has 2 aromatic rings. The van der Waals surface area contributed by atoms with E-state index in [9.17, 15) is 12.8 Å². The monoisotopic (exact) mass is 397 g/mol. The van der Waals surface area contributed by atoms with E-state index in [1.54, 1.807) is 6.07 Å². The van der Waals surface area contributed by atoms with Crippen LogP contribution in [-0.4, -0.2) is 56.1 Å². The number of nitrogens with zero attached hydrogens (tertiary/aromatic N) is 3. The van der Waals surface area contributed by atoms with Crippen molar-refractivity contribution < 1.29 is 27.0 Å². The molecular weight excluding hydrogens is 377 g/mol. The van der Waals surface area contributed by atoms with Crippen molar-refractivity contribution in [2.75, 3.05) is 27.3 Å². The average molecular weight is 397 g/mol. The fourth-order valence-electron chi connectivity index (χ4n) is 2.84. The predicted octanol–water partition coefficient (Wildman–Crippen LogP) is 1.86. The lowest BCUT2D eigenvalue weighted by atomic mass is 10.1. The molecule has 0 spiro atoms. The molecule has 146 valence electrons. The molecule has 1 aromatic carbocycles. The van der Waals surface area contributed by atoms with Crippen molar-refractivity contribution in [2.24, 2.45) is 0 Å². The van der Waals surface area contributed by atoms with Gasteiger partial charge in [-0.25, -0.2) is 17.8 Å². The standard InChI is InChI=1S/C17H20FN3O5S/c1-24-14-4-3-12(18)11-15(14)27(22,23)21-9-6-13(7-10-21)26-16-5-8-19-17(20-16)25-2/h3-5,8,11,13H,6-7,9-10H2,1-2H3. The third-order valence-electron chi connectivity index (χ3n) is 4.22. The van der Waals surface area contributed by atoms with Crippen LogP contribution in [-0.2, 0) is 10.0 Å². The van der Waals surface area contributed by atoms with Gasteiger partial charge in [0.25, 0.3) is 0 Å². The van der Waals surface area contributed by atoms with Crippen LogP contribution < -0.4 is 14.2 Å². The Morgan fingerprint density at radius 2 is 1.89 bits per heavy atom. The first-order valence-electron chi connectivity index (χ1n) is 8.31. The Hall–Kier alpha value is -2.46.